The number of H-pyrrole nitrogens is 1. The van der Waals surface area contributed by atoms with Gasteiger partial charge in [-0.2, -0.15) is 4.99 Å². The molecular weight excluding hydrogens is 446 g/mol. The molecule has 2 heterocycles. The second-order valence-electron chi connectivity index (χ2n) is 5.73. The molecule has 8 nitrogen and oxygen atoms in total. The van der Waals surface area contributed by atoms with Crippen LogP contribution in [0.15, 0.2) is 56.8 Å². The second kappa shape index (κ2) is 7.49. The average molecular weight is 458 g/mol. The first-order valence-electron chi connectivity index (χ1n) is 8.02. The van der Waals surface area contributed by atoms with Gasteiger partial charge in [-0.3, -0.25) is 10.1 Å². The lowest BCUT2D eigenvalue weighted by atomic mass is 10.2. The summed E-state index contributed by atoms with van der Waals surface area (Å²) in [4.78, 5) is 34.5. The van der Waals surface area contributed by atoms with Gasteiger partial charge in [-0.15, -0.1) is 0 Å². The number of aromatic amines is 1. The van der Waals surface area contributed by atoms with Gasteiger partial charge in [0.2, 0.25) is 5.95 Å². The van der Waals surface area contributed by atoms with Crippen LogP contribution in [0.3, 0.4) is 0 Å². The van der Waals surface area contributed by atoms with Crippen LogP contribution in [0.1, 0.15) is 5.56 Å². The van der Waals surface area contributed by atoms with Crippen molar-refractivity contribution in [3.63, 3.8) is 0 Å². The van der Waals surface area contributed by atoms with Gasteiger partial charge in [0.1, 0.15) is 0 Å². The number of carbonyl (C=O) groups is 2. The minimum Gasteiger partial charge on any atom is -0.465 e. The summed E-state index contributed by atoms with van der Waals surface area (Å²) in [6, 6.07) is 12.9. The number of rotatable bonds is 3. The molecule has 0 saturated carbocycles. The third-order valence-corrected chi connectivity index (χ3v) is 5.36. The van der Waals surface area contributed by atoms with Crippen LogP contribution < -0.4 is 10.6 Å². The monoisotopic (exact) mass is 457 g/mol. The quantitative estimate of drug-likeness (QED) is 0.429. The Bertz CT molecular complexity index is 1170. The van der Waals surface area contributed by atoms with Gasteiger partial charge in [0, 0.05) is 4.47 Å². The number of halogens is 1. The molecule has 0 radical (unpaired) electrons. The van der Waals surface area contributed by atoms with Crippen molar-refractivity contribution in [2.24, 2.45) is 4.99 Å². The van der Waals surface area contributed by atoms with Gasteiger partial charge in [-0.05, 0) is 63.6 Å². The maximum Gasteiger partial charge on any atom is 0.411 e. The van der Waals surface area contributed by atoms with Crippen molar-refractivity contribution < 1.29 is 14.7 Å². The number of imidazole rings is 1. The van der Waals surface area contributed by atoms with E-state index in [-0.39, 0.29) is 11.9 Å². The van der Waals surface area contributed by atoms with Gasteiger partial charge in [0.25, 0.3) is 5.91 Å². The van der Waals surface area contributed by atoms with Gasteiger partial charge in [-0.25, -0.2) is 9.78 Å². The molecule has 4 rings (SSSR count). The SMILES string of the molecule is O=C(O)Nc1nc2cc(/C=C3\SC(Nc4ccccc4Br)=NC3=O)ccc2[nH]1. The molecule has 1 aliphatic heterocycles. The van der Waals surface area contributed by atoms with E-state index in [1.54, 1.807) is 18.2 Å². The molecule has 2 amide bonds. The fourth-order valence-electron chi connectivity index (χ4n) is 2.56. The largest absolute Gasteiger partial charge is 0.465 e. The number of thioether (sulfide) groups is 1. The van der Waals surface area contributed by atoms with Crippen molar-refractivity contribution in [1.29, 1.82) is 0 Å². The van der Waals surface area contributed by atoms with Crippen LogP contribution in [-0.4, -0.2) is 32.2 Å². The van der Waals surface area contributed by atoms with Crippen molar-refractivity contribution in [3.05, 3.63) is 57.4 Å². The van der Waals surface area contributed by atoms with Gasteiger partial charge < -0.3 is 15.4 Å². The summed E-state index contributed by atoms with van der Waals surface area (Å²) in [5.41, 5.74) is 2.85. The second-order valence-corrected chi connectivity index (χ2v) is 7.61. The lowest BCUT2D eigenvalue weighted by Gasteiger charge is -2.06. The van der Waals surface area contributed by atoms with Gasteiger partial charge in [0.05, 0.1) is 21.6 Å². The average Bonchev–Trinajstić information content (AvgIpc) is 3.18. The number of para-hydroxylation sites is 1. The van der Waals surface area contributed by atoms with Crippen molar-refractivity contribution in [2.75, 3.05) is 10.6 Å². The van der Waals surface area contributed by atoms with E-state index in [1.807, 2.05) is 30.3 Å². The molecule has 0 aliphatic carbocycles. The van der Waals surface area contributed by atoms with E-state index in [0.717, 1.165) is 15.7 Å². The van der Waals surface area contributed by atoms with Crippen LogP contribution in [0.5, 0.6) is 0 Å². The van der Waals surface area contributed by atoms with E-state index >= 15 is 0 Å². The fraction of sp³-hybridized carbons (Fsp3) is 0. The van der Waals surface area contributed by atoms with Crippen molar-refractivity contribution in [1.82, 2.24) is 9.97 Å². The fourth-order valence-corrected chi connectivity index (χ4v) is 3.77. The number of anilines is 2. The topological polar surface area (TPSA) is 119 Å². The van der Waals surface area contributed by atoms with Crippen LogP contribution in [0.25, 0.3) is 17.1 Å². The van der Waals surface area contributed by atoms with E-state index in [9.17, 15) is 9.59 Å². The zero-order chi connectivity index (χ0) is 19.7. The normalized spacial score (nSPS) is 15.1. The summed E-state index contributed by atoms with van der Waals surface area (Å²) in [7, 11) is 0. The molecule has 0 bridgehead atoms. The first-order valence-corrected chi connectivity index (χ1v) is 9.63. The summed E-state index contributed by atoms with van der Waals surface area (Å²) in [6.45, 7) is 0. The van der Waals surface area contributed by atoms with Gasteiger partial charge in [0.15, 0.2) is 5.17 Å². The lowest BCUT2D eigenvalue weighted by Crippen LogP contribution is -2.08. The predicted octanol–water partition coefficient (Wildman–Crippen LogP) is 4.50. The van der Waals surface area contributed by atoms with Gasteiger partial charge in [-0.1, -0.05) is 18.2 Å². The minimum absolute atomic E-state index is 0.141. The first kappa shape index (κ1) is 18.3. The Kier molecular flexibility index (Phi) is 4.88. The highest BCUT2D eigenvalue weighted by Gasteiger charge is 2.22. The van der Waals surface area contributed by atoms with Crippen molar-refractivity contribution in [2.45, 2.75) is 0 Å². The molecule has 4 N–H and O–H groups in total. The van der Waals surface area contributed by atoms with Crippen molar-refractivity contribution >= 4 is 73.6 Å². The molecule has 0 spiro atoms. The zero-order valence-corrected chi connectivity index (χ0v) is 16.5. The molecule has 0 fully saturated rings. The number of aromatic nitrogens is 2. The van der Waals surface area contributed by atoms with E-state index in [1.165, 1.54) is 11.8 Å². The maximum atomic E-state index is 12.2. The van der Waals surface area contributed by atoms with E-state index in [0.29, 0.717) is 21.1 Å². The number of hydrogen-bond acceptors (Lipinski definition) is 5. The lowest BCUT2D eigenvalue weighted by molar-refractivity contribution is -0.113. The maximum absolute atomic E-state index is 12.2. The summed E-state index contributed by atoms with van der Waals surface area (Å²) >= 11 is 4.70. The van der Waals surface area contributed by atoms with Gasteiger partial charge >= 0.3 is 6.09 Å². The number of aliphatic imine (C=N–C) groups is 1. The Labute approximate surface area is 171 Å². The molecular formula is C18H12BrN5O3S. The number of nitrogens with one attached hydrogen (secondary N) is 3. The Hall–Kier alpha value is -3.11. The molecule has 3 aromatic rings. The summed E-state index contributed by atoms with van der Waals surface area (Å²) in [5, 5.41) is 14.6. The molecule has 0 atom stereocenters. The van der Waals surface area contributed by atoms with E-state index in [2.05, 4.69) is 41.5 Å². The number of carbonyl (C=O) groups excluding carboxylic acids is 1. The minimum atomic E-state index is -1.20. The third kappa shape index (κ3) is 3.92. The number of fused-ring (bicyclic) bond motifs is 1. The number of carboxylic acid groups (broad SMARTS) is 1. The van der Waals surface area contributed by atoms with Crippen LogP contribution in [0.2, 0.25) is 0 Å². The highest BCUT2D eigenvalue weighted by Crippen LogP contribution is 2.31. The molecule has 0 saturated heterocycles. The number of benzene rings is 2. The number of hydrogen-bond donors (Lipinski definition) is 4. The summed E-state index contributed by atoms with van der Waals surface area (Å²) in [5.74, 6) is -0.184. The predicted molar refractivity (Wildman–Crippen MR) is 114 cm³/mol. The standard InChI is InChI=1S/C18H12BrN5O3S/c19-10-3-1-2-4-11(10)22-17-23-15(25)14(28-17)8-9-5-6-12-13(7-9)21-16(20-12)24-18(26)27/h1-8H,(H,26,27)(H2,20,21,24)(H,22,23,25)/b14-8-. The Morgan fingerprint density at radius 2 is 2.07 bits per heavy atom. The van der Waals surface area contributed by atoms with Crippen LogP contribution >= 0.6 is 27.7 Å². The Balaban J connectivity index is 1.53. The number of amides is 2. The Morgan fingerprint density at radius 3 is 2.86 bits per heavy atom. The smallest absolute Gasteiger partial charge is 0.411 e. The van der Waals surface area contributed by atoms with Crippen LogP contribution in [0.4, 0.5) is 16.4 Å². The highest BCUT2D eigenvalue weighted by atomic mass is 79.9. The van der Waals surface area contributed by atoms with Crippen molar-refractivity contribution in [3.8, 4) is 0 Å². The van der Waals surface area contributed by atoms with Crippen LogP contribution in [-0.2, 0) is 4.79 Å². The molecule has 1 aliphatic rings. The van der Waals surface area contributed by atoms with E-state index < -0.39 is 6.09 Å². The third-order valence-electron chi connectivity index (χ3n) is 3.77. The molecule has 2 aromatic carbocycles. The molecule has 10 heteroatoms. The number of amidine groups is 1. The Morgan fingerprint density at radius 1 is 1.25 bits per heavy atom. The summed E-state index contributed by atoms with van der Waals surface area (Å²) < 4.78 is 0.873. The molecule has 1 aromatic heterocycles. The zero-order valence-electron chi connectivity index (χ0n) is 14.1. The van der Waals surface area contributed by atoms with Crippen LogP contribution in [0, 0.1) is 0 Å². The molecule has 28 heavy (non-hydrogen) atoms. The molecule has 140 valence electrons. The number of nitrogens with zero attached hydrogens (tertiary/aromatic N) is 2. The van der Waals surface area contributed by atoms with E-state index in [4.69, 9.17) is 5.11 Å². The first-order chi connectivity index (χ1) is 13.5. The highest BCUT2D eigenvalue weighted by molar-refractivity contribution is 9.10. The summed E-state index contributed by atoms with van der Waals surface area (Å²) in [6.07, 6.45) is 0.528. The molecule has 0 unspecified atom stereocenters.